The third kappa shape index (κ3) is 2.76. The fourth-order valence-corrected chi connectivity index (χ4v) is 1.42. The van der Waals surface area contributed by atoms with E-state index in [1.807, 2.05) is 0 Å². The van der Waals surface area contributed by atoms with Gasteiger partial charge >= 0.3 is 5.97 Å². The summed E-state index contributed by atoms with van der Waals surface area (Å²) in [7, 11) is 0. The van der Waals surface area contributed by atoms with Crippen LogP contribution in [0, 0.1) is 19.7 Å². The van der Waals surface area contributed by atoms with Crippen molar-refractivity contribution in [1.82, 2.24) is 0 Å². The molecule has 0 spiro atoms. The van der Waals surface area contributed by atoms with E-state index in [1.54, 1.807) is 19.9 Å². The summed E-state index contributed by atoms with van der Waals surface area (Å²) < 4.78 is 13.3. The second-order valence-corrected chi connectivity index (χ2v) is 3.68. The predicted octanol–water partition coefficient (Wildman–Crippen LogP) is 1.40. The fraction of sp³-hybridized carbons (Fsp3) is 0.364. The topological polar surface area (TPSA) is 63.3 Å². The molecule has 0 amide bonds. The Morgan fingerprint density at radius 2 is 2.13 bits per heavy atom. The van der Waals surface area contributed by atoms with Gasteiger partial charge in [-0.3, -0.25) is 4.79 Å². The Morgan fingerprint density at radius 3 is 2.67 bits per heavy atom. The minimum absolute atomic E-state index is 0.153. The van der Waals surface area contributed by atoms with Crippen LogP contribution in [-0.2, 0) is 11.2 Å². The van der Waals surface area contributed by atoms with E-state index < -0.39 is 12.0 Å². The van der Waals surface area contributed by atoms with Crippen molar-refractivity contribution in [3.05, 3.63) is 34.6 Å². The molecule has 82 valence electrons. The van der Waals surface area contributed by atoms with Gasteiger partial charge in [0.05, 0.1) is 0 Å². The highest BCUT2D eigenvalue weighted by Gasteiger charge is 2.15. The van der Waals surface area contributed by atoms with Gasteiger partial charge in [0.1, 0.15) is 11.9 Å². The normalized spacial score (nSPS) is 12.5. The van der Waals surface area contributed by atoms with Crippen LogP contribution in [0.5, 0.6) is 0 Å². The van der Waals surface area contributed by atoms with Crippen molar-refractivity contribution in [2.75, 3.05) is 0 Å². The fourth-order valence-electron chi connectivity index (χ4n) is 1.42. The molecule has 3 nitrogen and oxygen atoms in total. The molecule has 0 aliphatic carbocycles. The average molecular weight is 211 g/mol. The van der Waals surface area contributed by atoms with Gasteiger partial charge in [-0.1, -0.05) is 6.07 Å². The van der Waals surface area contributed by atoms with Crippen LogP contribution in [0.3, 0.4) is 0 Å². The Labute approximate surface area is 87.7 Å². The van der Waals surface area contributed by atoms with Gasteiger partial charge in [-0.2, -0.15) is 0 Å². The summed E-state index contributed by atoms with van der Waals surface area (Å²) in [5, 5.41) is 8.65. The molecule has 15 heavy (non-hydrogen) atoms. The van der Waals surface area contributed by atoms with E-state index in [9.17, 15) is 9.18 Å². The largest absolute Gasteiger partial charge is 0.480 e. The van der Waals surface area contributed by atoms with Crippen molar-refractivity contribution in [3.63, 3.8) is 0 Å². The number of carboxylic acids is 1. The second kappa shape index (κ2) is 4.40. The molecule has 1 atom stereocenters. The van der Waals surface area contributed by atoms with E-state index in [-0.39, 0.29) is 12.2 Å². The molecule has 0 saturated carbocycles. The maximum Gasteiger partial charge on any atom is 0.320 e. The molecule has 0 radical (unpaired) electrons. The van der Waals surface area contributed by atoms with Gasteiger partial charge in [0, 0.05) is 0 Å². The highest BCUT2D eigenvalue weighted by molar-refractivity contribution is 5.73. The van der Waals surface area contributed by atoms with Crippen molar-refractivity contribution in [2.24, 2.45) is 5.73 Å². The lowest BCUT2D eigenvalue weighted by Crippen LogP contribution is -2.32. The third-order valence-corrected chi connectivity index (χ3v) is 2.35. The molecule has 1 aromatic carbocycles. The maximum absolute atomic E-state index is 13.3. The SMILES string of the molecule is Cc1cc(F)c(C)c(CC(N)C(=O)O)c1. The molecule has 0 heterocycles. The number of aryl methyl sites for hydroxylation is 1. The zero-order valence-electron chi connectivity index (χ0n) is 8.75. The van der Waals surface area contributed by atoms with Crippen LogP contribution in [0.4, 0.5) is 4.39 Å². The smallest absolute Gasteiger partial charge is 0.320 e. The predicted molar refractivity (Wildman–Crippen MR) is 55.2 cm³/mol. The van der Waals surface area contributed by atoms with E-state index in [4.69, 9.17) is 10.8 Å². The third-order valence-electron chi connectivity index (χ3n) is 2.35. The van der Waals surface area contributed by atoms with Crippen LogP contribution in [0.2, 0.25) is 0 Å². The van der Waals surface area contributed by atoms with Gasteiger partial charge in [0.25, 0.3) is 0 Å². The summed E-state index contributed by atoms with van der Waals surface area (Å²) in [5.74, 6) is -1.39. The van der Waals surface area contributed by atoms with Gasteiger partial charge < -0.3 is 10.8 Å². The first-order chi connectivity index (χ1) is 6.91. The Kier molecular flexibility index (Phi) is 3.42. The van der Waals surface area contributed by atoms with E-state index in [0.717, 1.165) is 5.56 Å². The second-order valence-electron chi connectivity index (χ2n) is 3.68. The average Bonchev–Trinajstić information content (AvgIpc) is 2.13. The molecule has 0 bridgehead atoms. The minimum Gasteiger partial charge on any atom is -0.480 e. The van der Waals surface area contributed by atoms with Crippen LogP contribution in [0.25, 0.3) is 0 Å². The lowest BCUT2D eigenvalue weighted by atomic mass is 9.99. The molecular formula is C11H14FNO2. The first kappa shape index (κ1) is 11.7. The van der Waals surface area contributed by atoms with Crippen LogP contribution >= 0.6 is 0 Å². The molecule has 3 N–H and O–H groups in total. The number of hydrogen-bond donors (Lipinski definition) is 2. The monoisotopic (exact) mass is 211 g/mol. The Hall–Kier alpha value is -1.42. The minimum atomic E-state index is -1.07. The molecule has 0 aliphatic rings. The van der Waals surface area contributed by atoms with Crippen LogP contribution in [-0.4, -0.2) is 17.1 Å². The van der Waals surface area contributed by atoms with Crippen molar-refractivity contribution >= 4 is 5.97 Å². The molecule has 1 unspecified atom stereocenters. The highest BCUT2D eigenvalue weighted by atomic mass is 19.1. The lowest BCUT2D eigenvalue weighted by molar-refractivity contribution is -0.138. The number of nitrogens with two attached hydrogens (primary N) is 1. The van der Waals surface area contributed by atoms with E-state index in [2.05, 4.69) is 0 Å². The Morgan fingerprint density at radius 1 is 1.53 bits per heavy atom. The van der Waals surface area contributed by atoms with Gasteiger partial charge in [0.2, 0.25) is 0 Å². The highest BCUT2D eigenvalue weighted by Crippen LogP contribution is 2.16. The molecule has 0 aliphatic heterocycles. The van der Waals surface area contributed by atoms with E-state index in [1.165, 1.54) is 6.07 Å². The number of rotatable bonds is 3. The zero-order valence-corrected chi connectivity index (χ0v) is 8.75. The molecule has 0 fully saturated rings. The first-order valence-electron chi connectivity index (χ1n) is 4.66. The lowest BCUT2D eigenvalue weighted by Gasteiger charge is -2.11. The molecule has 0 aromatic heterocycles. The zero-order chi connectivity index (χ0) is 11.6. The summed E-state index contributed by atoms with van der Waals surface area (Å²) >= 11 is 0. The van der Waals surface area contributed by atoms with Gasteiger partial charge in [0.15, 0.2) is 0 Å². The number of halogens is 1. The molecule has 1 rings (SSSR count). The van der Waals surface area contributed by atoms with Crippen molar-refractivity contribution in [2.45, 2.75) is 26.3 Å². The molecular weight excluding hydrogens is 197 g/mol. The number of aliphatic carboxylic acids is 1. The number of hydrogen-bond acceptors (Lipinski definition) is 2. The molecule has 4 heteroatoms. The Bertz CT molecular complexity index is 390. The van der Waals surface area contributed by atoms with Crippen LogP contribution in [0.15, 0.2) is 12.1 Å². The summed E-state index contributed by atoms with van der Waals surface area (Å²) in [5.41, 5.74) is 7.29. The van der Waals surface area contributed by atoms with E-state index >= 15 is 0 Å². The van der Waals surface area contributed by atoms with Crippen molar-refractivity contribution < 1.29 is 14.3 Å². The van der Waals surface area contributed by atoms with Gasteiger partial charge in [-0.15, -0.1) is 0 Å². The molecule has 1 aromatic rings. The molecule has 0 saturated heterocycles. The quantitative estimate of drug-likeness (QED) is 0.794. The number of carboxylic acid groups (broad SMARTS) is 1. The van der Waals surface area contributed by atoms with Crippen LogP contribution in [0.1, 0.15) is 16.7 Å². The van der Waals surface area contributed by atoms with Gasteiger partial charge in [-0.05, 0) is 43.0 Å². The van der Waals surface area contributed by atoms with Crippen LogP contribution < -0.4 is 5.73 Å². The van der Waals surface area contributed by atoms with Crippen molar-refractivity contribution in [1.29, 1.82) is 0 Å². The summed E-state index contributed by atoms with van der Waals surface area (Å²) in [6, 6.07) is 2.21. The van der Waals surface area contributed by atoms with Crippen molar-refractivity contribution in [3.8, 4) is 0 Å². The maximum atomic E-state index is 13.3. The van der Waals surface area contributed by atoms with E-state index in [0.29, 0.717) is 11.1 Å². The Balaban J connectivity index is 2.99. The standard InChI is InChI=1S/C11H14FNO2/c1-6-3-8(5-10(13)11(14)15)7(2)9(12)4-6/h3-4,10H,5,13H2,1-2H3,(H,14,15). The van der Waals surface area contributed by atoms with Gasteiger partial charge in [-0.25, -0.2) is 4.39 Å². The number of benzene rings is 1. The summed E-state index contributed by atoms with van der Waals surface area (Å²) in [4.78, 5) is 10.6. The number of carbonyl (C=O) groups is 1. The summed E-state index contributed by atoms with van der Waals surface area (Å²) in [6.07, 6.45) is 0.153. The summed E-state index contributed by atoms with van der Waals surface area (Å²) in [6.45, 7) is 3.39. The first-order valence-corrected chi connectivity index (χ1v) is 4.66.